The first-order chi connectivity index (χ1) is 7.38. The fraction of sp³-hybridized carbons (Fsp3) is 0.700. The molecule has 0 amide bonds. The van der Waals surface area contributed by atoms with Crippen LogP contribution in [0.1, 0.15) is 32.1 Å². The zero-order valence-electron chi connectivity index (χ0n) is 9.92. The molecule has 5 nitrogen and oxygen atoms in total. The summed E-state index contributed by atoms with van der Waals surface area (Å²) in [6.45, 7) is 4.47. The van der Waals surface area contributed by atoms with Gasteiger partial charge in [-0.1, -0.05) is 6.92 Å². The quantitative estimate of drug-likeness (QED) is 0.829. The standard InChI is InChI=1S/C10H19N3O2S/c1-4-6-13-7-5-12-10(13)9(11)8(2)16(3,14)15/h5,7-9H,4,6,11H2,1-3H3. The molecule has 0 radical (unpaired) electrons. The molecule has 0 saturated carbocycles. The second kappa shape index (κ2) is 4.97. The van der Waals surface area contributed by atoms with Gasteiger partial charge in [0.05, 0.1) is 11.3 Å². The van der Waals surface area contributed by atoms with Crippen molar-refractivity contribution < 1.29 is 8.42 Å². The van der Waals surface area contributed by atoms with Crippen LogP contribution < -0.4 is 5.73 Å². The summed E-state index contributed by atoms with van der Waals surface area (Å²) in [6.07, 6.45) is 5.64. The zero-order valence-corrected chi connectivity index (χ0v) is 10.7. The average molecular weight is 245 g/mol. The van der Waals surface area contributed by atoms with Crippen LogP contribution in [0.2, 0.25) is 0 Å². The predicted molar refractivity (Wildman–Crippen MR) is 63.8 cm³/mol. The van der Waals surface area contributed by atoms with Crippen molar-refractivity contribution in [3.63, 3.8) is 0 Å². The normalized spacial score (nSPS) is 16.0. The molecule has 6 heteroatoms. The van der Waals surface area contributed by atoms with E-state index in [0.717, 1.165) is 13.0 Å². The Kier molecular flexibility index (Phi) is 4.09. The van der Waals surface area contributed by atoms with Gasteiger partial charge in [0, 0.05) is 25.2 Å². The highest BCUT2D eigenvalue weighted by Crippen LogP contribution is 2.17. The third-order valence-electron chi connectivity index (χ3n) is 2.69. The molecule has 0 bridgehead atoms. The third kappa shape index (κ3) is 2.82. The molecular weight excluding hydrogens is 226 g/mol. The Morgan fingerprint density at radius 3 is 2.69 bits per heavy atom. The summed E-state index contributed by atoms with van der Waals surface area (Å²) in [6, 6.07) is -0.573. The molecule has 0 fully saturated rings. The summed E-state index contributed by atoms with van der Waals surface area (Å²) < 4.78 is 24.7. The second-order valence-corrected chi connectivity index (χ2v) is 6.44. The van der Waals surface area contributed by atoms with Gasteiger partial charge in [-0.3, -0.25) is 0 Å². The maximum Gasteiger partial charge on any atom is 0.152 e. The lowest BCUT2D eigenvalue weighted by molar-refractivity contribution is 0.538. The van der Waals surface area contributed by atoms with Gasteiger partial charge in [0.15, 0.2) is 9.84 Å². The van der Waals surface area contributed by atoms with Crippen molar-refractivity contribution in [1.82, 2.24) is 9.55 Å². The van der Waals surface area contributed by atoms with E-state index in [2.05, 4.69) is 11.9 Å². The van der Waals surface area contributed by atoms with Gasteiger partial charge in [0.2, 0.25) is 0 Å². The van der Waals surface area contributed by atoms with Gasteiger partial charge in [-0.25, -0.2) is 13.4 Å². The van der Waals surface area contributed by atoms with Crippen LogP contribution in [0.4, 0.5) is 0 Å². The van der Waals surface area contributed by atoms with Gasteiger partial charge >= 0.3 is 0 Å². The van der Waals surface area contributed by atoms with E-state index in [1.165, 1.54) is 6.26 Å². The Labute approximate surface area is 96.6 Å². The molecule has 0 aromatic carbocycles. The van der Waals surface area contributed by atoms with Gasteiger partial charge in [-0.2, -0.15) is 0 Å². The molecule has 0 spiro atoms. The Morgan fingerprint density at radius 1 is 1.56 bits per heavy atom. The van der Waals surface area contributed by atoms with Crippen LogP contribution in [-0.4, -0.2) is 29.5 Å². The Bertz CT molecular complexity index is 439. The number of nitrogens with zero attached hydrogens (tertiary/aromatic N) is 2. The Balaban J connectivity index is 2.96. The molecule has 2 unspecified atom stereocenters. The smallest absolute Gasteiger partial charge is 0.152 e. The summed E-state index contributed by atoms with van der Waals surface area (Å²) in [7, 11) is -3.14. The maximum atomic E-state index is 11.4. The number of aromatic nitrogens is 2. The largest absolute Gasteiger partial charge is 0.334 e. The molecule has 2 atom stereocenters. The highest BCUT2D eigenvalue weighted by atomic mass is 32.2. The van der Waals surface area contributed by atoms with Crippen LogP contribution >= 0.6 is 0 Å². The fourth-order valence-electron chi connectivity index (χ4n) is 1.52. The van der Waals surface area contributed by atoms with Crippen LogP contribution in [0.15, 0.2) is 12.4 Å². The summed E-state index contributed by atoms with van der Waals surface area (Å²) in [5, 5.41) is -0.620. The average Bonchev–Trinajstić information content (AvgIpc) is 2.63. The maximum absolute atomic E-state index is 11.4. The topological polar surface area (TPSA) is 78.0 Å². The highest BCUT2D eigenvalue weighted by molar-refractivity contribution is 7.91. The van der Waals surface area contributed by atoms with E-state index in [4.69, 9.17) is 5.73 Å². The molecule has 0 aliphatic rings. The monoisotopic (exact) mass is 245 g/mol. The minimum Gasteiger partial charge on any atom is -0.334 e. The first kappa shape index (κ1) is 13.2. The van der Waals surface area contributed by atoms with Crippen molar-refractivity contribution in [2.45, 2.75) is 38.1 Å². The van der Waals surface area contributed by atoms with E-state index in [1.807, 2.05) is 10.8 Å². The zero-order chi connectivity index (χ0) is 12.3. The van der Waals surface area contributed by atoms with Crippen molar-refractivity contribution in [3.8, 4) is 0 Å². The summed E-state index contributed by atoms with van der Waals surface area (Å²) in [5.41, 5.74) is 5.94. The van der Waals surface area contributed by atoms with Gasteiger partial charge in [-0.15, -0.1) is 0 Å². The fourth-order valence-corrected chi connectivity index (χ4v) is 2.18. The molecule has 1 rings (SSSR count). The number of hydrogen-bond donors (Lipinski definition) is 1. The summed E-state index contributed by atoms with van der Waals surface area (Å²) >= 11 is 0. The number of rotatable bonds is 5. The number of imidazole rings is 1. The van der Waals surface area contributed by atoms with Gasteiger partial charge < -0.3 is 10.3 Å². The number of aryl methyl sites for hydroxylation is 1. The van der Waals surface area contributed by atoms with Gasteiger partial charge in [0.1, 0.15) is 5.82 Å². The second-order valence-electron chi connectivity index (χ2n) is 4.04. The Morgan fingerprint density at radius 2 is 2.19 bits per heavy atom. The molecule has 0 saturated heterocycles. The molecule has 1 heterocycles. The Hall–Kier alpha value is -0.880. The third-order valence-corrected chi connectivity index (χ3v) is 4.34. The van der Waals surface area contributed by atoms with E-state index >= 15 is 0 Å². The van der Waals surface area contributed by atoms with E-state index in [-0.39, 0.29) is 0 Å². The van der Waals surface area contributed by atoms with E-state index in [1.54, 1.807) is 13.1 Å². The van der Waals surface area contributed by atoms with E-state index < -0.39 is 21.1 Å². The minimum absolute atomic E-state index is 0.573. The lowest BCUT2D eigenvalue weighted by atomic mass is 10.2. The highest BCUT2D eigenvalue weighted by Gasteiger charge is 2.26. The first-order valence-corrected chi connectivity index (χ1v) is 7.28. The van der Waals surface area contributed by atoms with Gasteiger partial charge in [-0.05, 0) is 13.3 Å². The van der Waals surface area contributed by atoms with Crippen LogP contribution in [-0.2, 0) is 16.4 Å². The SMILES string of the molecule is CCCn1ccnc1C(N)C(C)S(C)(=O)=O. The molecular formula is C10H19N3O2S. The van der Waals surface area contributed by atoms with E-state index in [9.17, 15) is 8.42 Å². The van der Waals surface area contributed by atoms with Crippen LogP contribution in [0.3, 0.4) is 0 Å². The molecule has 92 valence electrons. The van der Waals surface area contributed by atoms with Crippen LogP contribution in [0.25, 0.3) is 0 Å². The first-order valence-electron chi connectivity index (χ1n) is 5.33. The van der Waals surface area contributed by atoms with Crippen molar-refractivity contribution >= 4 is 9.84 Å². The van der Waals surface area contributed by atoms with Crippen molar-refractivity contribution in [2.75, 3.05) is 6.26 Å². The van der Waals surface area contributed by atoms with E-state index in [0.29, 0.717) is 5.82 Å². The molecule has 1 aromatic rings. The number of hydrogen-bond acceptors (Lipinski definition) is 4. The predicted octanol–water partition coefficient (Wildman–Crippen LogP) is 0.726. The van der Waals surface area contributed by atoms with Crippen molar-refractivity contribution in [3.05, 3.63) is 18.2 Å². The van der Waals surface area contributed by atoms with Crippen LogP contribution in [0, 0.1) is 0 Å². The number of sulfone groups is 1. The number of nitrogens with two attached hydrogens (primary N) is 1. The molecule has 16 heavy (non-hydrogen) atoms. The molecule has 0 aliphatic heterocycles. The molecule has 2 N–H and O–H groups in total. The van der Waals surface area contributed by atoms with Crippen molar-refractivity contribution in [1.29, 1.82) is 0 Å². The molecule has 0 aliphatic carbocycles. The lowest BCUT2D eigenvalue weighted by Crippen LogP contribution is -2.32. The van der Waals surface area contributed by atoms with Gasteiger partial charge in [0.25, 0.3) is 0 Å². The lowest BCUT2D eigenvalue weighted by Gasteiger charge is -2.19. The molecule has 1 aromatic heterocycles. The summed E-state index contributed by atoms with van der Waals surface area (Å²) in [5.74, 6) is 0.639. The van der Waals surface area contributed by atoms with Crippen LogP contribution in [0.5, 0.6) is 0 Å². The summed E-state index contributed by atoms with van der Waals surface area (Å²) in [4.78, 5) is 4.14. The van der Waals surface area contributed by atoms with Crippen molar-refractivity contribution in [2.24, 2.45) is 5.73 Å². The minimum atomic E-state index is -3.14.